The topological polar surface area (TPSA) is 0 Å². The molecule has 0 aromatic heterocycles. The second-order valence-corrected chi connectivity index (χ2v) is 6.67. The summed E-state index contributed by atoms with van der Waals surface area (Å²) in [6, 6.07) is 28.1. The fourth-order valence-corrected chi connectivity index (χ4v) is 4.03. The van der Waals surface area contributed by atoms with E-state index in [1.807, 2.05) is 0 Å². The fraction of sp³-hybridized carbons (Fsp3) is 0.143. The second kappa shape index (κ2) is 6.07. The molecule has 0 nitrogen and oxygen atoms in total. The zero-order valence-electron chi connectivity index (χ0n) is 13.1. The van der Waals surface area contributed by atoms with Crippen LogP contribution in [0.5, 0.6) is 0 Å². The highest BCUT2D eigenvalue weighted by atomic mass is 31.0. The minimum atomic E-state index is -0.224. The van der Waals surface area contributed by atoms with Gasteiger partial charge in [-0.1, -0.05) is 78.9 Å². The molecule has 0 N–H and O–H groups in total. The zero-order chi connectivity index (χ0) is 15.6. The van der Waals surface area contributed by atoms with Crippen molar-refractivity contribution in [3.8, 4) is 0 Å². The van der Waals surface area contributed by atoms with Gasteiger partial charge in [0, 0.05) is 0 Å². The molecule has 1 atom stereocenters. The normalized spacial score (nSPS) is 11.4. The Bertz CT molecular complexity index is 729. The third-order valence-electron chi connectivity index (χ3n) is 4.37. The predicted molar refractivity (Wildman–Crippen MR) is 98.4 cm³/mol. The molecule has 22 heavy (non-hydrogen) atoms. The van der Waals surface area contributed by atoms with E-state index in [4.69, 9.17) is 0 Å². The lowest BCUT2D eigenvalue weighted by Gasteiger charge is -2.34. The summed E-state index contributed by atoms with van der Waals surface area (Å²) < 4.78 is 0. The molecule has 3 aromatic rings. The zero-order valence-corrected chi connectivity index (χ0v) is 14.2. The number of aryl methyl sites for hydroxylation is 2. The van der Waals surface area contributed by atoms with Crippen molar-refractivity contribution in [3.05, 3.63) is 107 Å². The van der Waals surface area contributed by atoms with E-state index in [2.05, 4.69) is 102 Å². The second-order valence-electron chi connectivity index (χ2n) is 5.80. The van der Waals surface area contributed by atoms with Crippen LogP contribution in [0.1, 0.15) is 27.8 Å². The molecule has 0 aliphatic carbocycles. The Morgan fingerprint density at radius 3 is 1.45 bits per heavy atom. The van der Waals surface area contributed by atoms with Gasteiger partial charge in [-0.05, 0) is 41.7 Å². The number of rotatable bonds is 3. The van der Waals surface area contributed by atoms with Gasteiger partial charge in [0.2, 0.25) is 0 Å². The van der Waals surface area contributed by atoms with Gasteiger partial charge in [0.1, 0.15) is 0 Å². The van der Waals surface area contributed by atoms with Gasteiger partial charge in [-0.15, -0.1) is 9.24 Å². The van der Waals surface area contributed by atoms with Crippen molar-refractivity contribution in [3.63, 3.8) is 0 Å². The van der Waals surface area contributed by atoms with E-state index in [1.165, 1.54) is 27.8 Å². The first-order chi connectivity index (χ1) is 10.6. The van der Waals surface area contributed by atoms with Crippen molar-refractivity contribution in [2.45, 2.75) is 19.0 Å². The van der Waals surface area contributed by atoms with E-state index in [9.17, 15) is 0 Å². The monoisotopic (exact) mass is 304 g/mol. The first-order valence-electron chi connectivity index (χ1n) is 7.60. The van der Waals surface area contributed by atoms with Gasteiger partial charge in [-0.3, -0.25) is 0 Å². The van der Waals surface area contributed by atoms with Crippen LogP contribution in [-0.2, 0) is 5.16 Å². The van der Waals surface area contributed by atoms with Crippen LogP contribution >= 0.6 is 9.24 Å². The van der Waals surface area contributed by atoms with E-state index in [0.717, 1.165) is 0 Å². The SMILES string of the molecule is Cc1ccccc1C(P)(c1ccccc1)c1ccccc1C. The van der Waals surface area contributed by atoms with Gasteiger partial charge in [-0.2, -0.15) is 0 Å². The van der Waals surface area contributed by atoms with Gasteiger partial charge >= 0.3 is 0 Å². The molecule has 3 rings (SSSR count). The van der Waals surface area contributed by atoms with Gasteiger partial charge in [0.05, 0.1) is 5.16 Å². The van der Waals surface area contributed by atoms with Crippen molar-refractivity contribution >= 4 is 9.24 Å². The third-order valence-corrected chi connectivity index (χ3v) is 5.32. The molecule has 0 radical (unpaired) electrons. The average molecular weight is 304 g/mol. The van der Waals surface area contributed by atoms with E-state index in [1.54, 1.807) is 0 Å². The molecule has 0 fully saturated rings. The van der Waals surface area contributed by atoms with Crippen molar-refractivity contribution in [1.29, 1.82) is 0 Å². The van der Waals surface area contributed by atoms with Gasteiger partial charge in [0.25, 0.3) is 0 Å². The summed E-state index contributed by atoms with van der Waals surface area (Å²) in [5.74, 6) is 0. The summed E-state index contributed by atoms with van der Waals surface area (Å²) in [5.41, 5.74) is 6.58. The van der Waals surface area contributed by atoms with Crippen molar-refractivity contribution in [2.75, 3.05) is 0 Å². The first kappa shape index (κ1) is 15.0. The van der Waals surface area contributed by atoms with Crippen LogP contribution < -0.4 is 0 Å². The molecule has 110 valence electrons. The Morgan fingerprint density at radius 1 is 0.591 bits per heavy atom. The summed E-state index contributed by atoms with van der Waals surface area (Å²) in [5, 5.41) is -0.224. The molecule has 0 heterocycles. The summed E-state index contributed by atoms with van der Waals surface area (Å²) in [4.78, 5) is 0. The van der Waals surface area contributed by atoms with Crippen LogP contribution in [0.3, 0.4) is 0 Å². The van der Waals surface area contributed by atoms with Crippen LogP contribution in [0, 0.1) is 13.8 Å². The molecule has 3 aromatic carbocycles. The van der Waals surface area contributed by atoms with Crippen molar-refractivity contribution in [2.24, 2.45) is 0 Å². The molecule has 1 unspecified atom stereocenters. The Kier molecular flexibility index (Phi) is 4.14. The summed E-state index contributed by atoms with van der Waals surface area (Å²) in [6.07, 6.45) is 0. The molecular formula is C21H21P. The lowest BCUT2D eigenvalue weighted by molar-refractivity contribution is 0.875. The Labute approximate surface area is 135 Å². The molecular weight excluding hydrogens is 283 g/mol. The minimum absolute atomic E-state index is 0.224. The predicted octanol–water partition coefficient (Wildman–Crippen LogP) is 5.47. The maximum atomic E-state index is 3.13. The summed E-state index contributed by atoms with van der Waals surface area (Å²) in [7, 11) is 3.13. The fourth-order valence-electron chi connectivity index (χ4n) is 3.19. The standard InChI is InChI=1S/C21H21P/c1-16-10-6-8-14-19(16)21(22,18-12-4-3-5-13-18)20-15-9-7-11-17(20)2/h3-15H,22H2,1-2H3. The van der Waals surface area contributed by atoms with Crippen LogP contribution in [0.15, 0.2) is 78.9 Å². The van der Waals surface area contributed by atoms with E-state index >= 15 is 0 Å². The summed E-state index contributed by atoms with van der Waals surface area (Å²) >= 11 is 0. The van der Waals surface area contributed by atoms with Crippen molar-refractivity contribution in [1.82, 2.24) is 0 Å². The average Bonchev–Trinajstić information content (AvgIpc) is 2.56. The van der Waals surface area contributed by atoms with Crippen LogP contribution in [-0.4, -0.2) is 0 Å². The first-order valence-corrected chi connectivity index (χ1v) is 8.18. The Balaban J connectivity index is 2.33. The Morgan fingerprint density at radius 2 is 1.00 bits per heavy atom. The van der Waals surface area contributed by atoms with E-state index < -0.39 is 0 Å². The lowest BCUT2D eigenvalue weighted by atomic mass is 9.80. The number of hydrogen-bond acceptors (Lipinski definition) is 0. The van der Waals surface area contributed by atoms with Crippen LogP contribution in [0.2, 0.25) is 0 Å². The number of hydrogen-bond donors (Lipinski definition) is 0. The minimum Gasteiger partial charge on any atom is -0.117 e. The van der Waals surface area contributed by atoms with Crippen LogP contribution in [0.4, 0.5) is 0 Å². The molecule has 0 bridgehead atoms. The van der Waals surface area contributed by atoms with Crippen LogP contribution in [0.25, 0.3) is 0 Å². The molecule has 0 saturated carbocycles. The number of benzene rings is 3. The molecule has 0 spiro atoms. The van der Waals surface area contributed by atoms with Crippen molar-refractivity contribution < 1.29 is 0 Å². The molecule has 1 heteroatoms. The Hall–Kier alpha value is -1.91. The quantitative estimate of drug-likeness (QED) is 0.444. The smallest absolute Gasteiger partial charge is 0.0596 e. The highest BCUT2D eigenvalue weighted by Crippen LogP contribution is 2.47. The largest absolute Gasteiger partial charge is 0.117 e. The summed E-state index contributed by atoms with van der Waals surface area (Å²) in [6.45, 7) is 4.38. The molecule has 0 aliphatic rings. The third kappa shape index (κ3) is 2.49. The highest BCUT2D eigenvalue weighted by Gasteiger charge is 2.33. The van der Waals surface area contributed by atoms with Gasteiger partial charge in [0.15, 0.2) is 0 Å². The van der Waals surface area contributed by atoms with Gasteiger partial charge < -0.3 is 0 Å². The van der Waals surface area contributed by atoms with E-state index in [-0.39, 0.29) is 5.16 Å². The lowest BCUT2D eigenvalue weighted by Crippen LogP contribution is -2.23. The molecule has 0 amide bonds. The maximum absolute atomic E-state index is 3.13. The molecule has 0 saturated heterocycles. The maximum Gasteiger partial charge on any atom is 0.0596 e. The molecule has 0 aliphatic heterocycles. The van der Waals surface area contributed by atoms with E-state index in [0.29, 0.717) is 0 Å². The highest BCUT2D eigenvalue weighted by molar-refractivity contribution is 7.19. The van der Waals surface area contributed by atoms with Gasteiger partial charge in [-0.25, -0.2) is 0 Å².